The van der Waals surface area contributed by atoms with Gasteiger partial charge in [-0.15, -0.1) is 11.3 Å². The Morgan fingerprint density at radius 2 is 2.00 bits per heavy atom. The molecule has 1 saturated carbocycles. The minimum atomic E-state index is -0.0724. The first kappa shape index (κ1) is 20.3. The monoisotopic (exact) mass is 428 g/mol. The molecular weight excluding hydrogens is 404 g/mol. The smallest absolute Gasteiger partial charge is 0.261 e. The van der Waals surface area contributed by atoms with Gasteiger partial charge in [0.15, 0.2) is 0 Å². The van der Waals surface area contributed by atoms with Gasteiger partial charge < -0.3 is 10.2 Å². The van der Waals surface area contributed by atoms with Crippen molar-refractivity contribution in [2.24, 2.45) is 0 Å². The second kappa shape index (κ2) is 8.01. The van der Waals surface area contributed by atoms with E-state index in [1.54, 1.807) is 0 Å². The molecule has 4 rings (SSSR count). The molecule has 5 nitrogen and oxygen atoms in total. The Kier molecular flexibility index (Phi) is 5.60. The van der Waals surface area contributed by atoms with Crippen molar-refractivity contribution in [1.82, 2.24) is 20.2 Å². The predicted octanol–water partition coefficient (Wildman–Crippen LogP) is 4.87. The first-order valence-corrected chi connectivity index (χ1v) is 11.0. The minimum Gasteiger partial charge on any atom is -0.349 e. The Labute approximate surface area is 180 Å². The molecule has 0 bridgehead atoms. The Bertz CT molecular complexity index is 1070. The number of likely N-dealkylation sites (N-methyl/N-ethyl adjacent to an activating group) is 1. The van der Waals surface area contributed by atoms with Gasteiger partial charge in [-0.05, 0) is 58.0 Å². The Hall–Kier alpha value is -2.02. The van der Waals surface area contributed by atoms with Crippen LogP contribution >= 0.6 is 22.9 Å². The fourth-order valence-corrected chi connectivity index (χ4v) is 5.10. The number of thiophene rings is 1. The van der Waals surface area contributed by atoms with Gasteiger partial charge in [-0.3, -0.25) is 4.79 Å². The number of amides is 1. The summed E-state index contributed by atoms with van der Waals surface area (Å²) in [5, 5.41) is 4.82. The number of nitrogens with one attached hydrogen (secondary N) is 1. The van der Waals surface area contributed by atoms with Crippen LogP contribution in [0.25, 0.3) is 10.2 Å². The lowest BCUT2D eigenvalue weighted by atomic mass is 10.1. The van der Waals surface area contributed by atoms with E-state index in [1.807, 2.05) is 52.2 Å². The molecule has 2 aromatic heterocycles. The highest BCUT2D eigenvalue weighted by Crippen LogP contribution is 2.40. The lowest BCUT2D eigenvalue weighted by Crippen LogP contribution is -2.34. The van der Waals surface area contributed by atoms with Gasteiger partial charge >= 0.3 is 0 Å². The number of rotatable bonds is 6. The van der Waals surface area contributed by atoms with E-state index in [0.29, 0.717) is 22.4 Å². The number of aromatic nitrogens is 2. The van der Waals surface area contributed by atoms with Gasteiger partial charge in [0.2, 0.25) is 0 Å². The van der Waals surface area contributed by atoms with Crippen LogP contribution in [0.5, 0.6) is 0 Å². The molecule has 1 amide bonds. The van der Waals surface area contributed by atoms with Crippen LogP contribution in [0.3, 0.4) is 0 Å². The second-order valence-corrected chi connectivity index (χ2v) is 9.30. The van der Waals surface area contributed by atoms with E-state index in [-0.39, 0.29) is 11.9 Å². The zero-order chi connectivity index (χ0) is 20.7. The van der Waals surface area contributed by atoms with Crippen LogP contribution < -0.4 is 5.32 Å². The van der Waals surface area contributed by atoms with E-state index in [0.717, 1.165) is 45.7 Å². The summed E-state index contributed by atoms with van der Waals surface area (Å²) in [4.78, 5) is 26.1. The van der Waals surface area contributed by atoms with E-state index < -0.39 is 0 Å². The summed E-state index contributed by atoms with van der Waals surface area (Å²) in [6, 6.07) is 7.75. The Balaban J connectivity index is 1.58. The van der Waals surface area contributed by atoms with Gasteiger partial charge in [0, 0.05) is 22.9 Å². The standard InChI is InChI=1S/C22H25ClN4OS/c1-12-18-13(2)25-20(14-9-10-14)26-22(18)29-19(12)21(28)24-11-17(27(3)4)15-7-5-6-8-16(15)23/h5-8,14,17H,9-11H2,1-4H3,(H,24,28). The van der Waals surface area contributed by atoms with Gasteiger partial charge in [0.05, 0.1) is 16.6 Å². The van der Waals surface area contributed by atoms with Gasteiger partial charge in [-0.1, -0.05) is 29.8 Å². The topological polar surface area (TPSA) is 58.1 Å². The Morgan fingerprint density at radius 1 is 1.28 bits per heavy atom. The molecule has 1 aliphatic rings. The number of hydrogen-bond acceptors (Lipinski definition) is 5. The van der Waals surface area contributed by atoms with Crippen LogP contribution in [0, 0.1) is 13.8 Å². The van der Waals surface area contributed by atoms with Crippen molar-refractivity contribution >= 4 is 39.1 Å². The summed E-state index contributed by atoms with van der Waals surface area (Å²) in [5.74, 6) is 1.35. The maximum absolute atomic E-state index is 13.0. The number of aryl methyl sites for hydroxylation is 2. The third-order valence-electron chi connectivity index (χ3n) is 5.48. The van der Waals surface area contributed by atoms with Gasteiger partial charge in [-0.2, -0.15) is 0 Å². The molecule has 0 saturated heterocycles. The van der Waals surface area contributed by atoms with Gasteiger partial charge in [0.25, 0.3) is 5.91 Å². The number of halogens is 1. The summed E-state index contributed by atoms with van der Waals surface area (Å²) < 4.78 is 0. The Morgan fingerprint density at radius 3 is 2.66 bits per heavy atom. The van der Waals surface area contributed by atoms with E-state index in [1.165, 1.54) is 11.3 Å². The van der Waals surface area contributed by atoms with E-state index in [9.17, 15) is 4.79 Å². The van der Waals surface area contributed by atoms with Crippen molar-refractivity contribution in [3.05, 3.63) is 56.8 Å². The second-order valence-electron chi connectivity index (χ2n) is 7.89. The molecule has 1 fully saturated rings. The summed E-state index contributed by atoms with van der Waals surface area (Å²) in [6.07, 6.45) is 2.33. The van der Waals surface area contributed by atoms with E-state index in [4.69, 9.17) is 16.6 Å². The lowest BCUT2D eigenvalue weighted by molar-refractivity contribution is 0.0945. The molecule has 0 radical (unpaired) electrons. The zero-order valence-electron chi connectivity index (χ0n) is 17.1. The average molecular weight is 429 g/mol. The molecule has 29 heavy (non-hydrogen) atoms. The zero-order valence-corrected chi connectivity index (χ0v) is 18.7. The summed E-state index contributed by atoms with van der Waals surface area (Å²) in [5.41, 5.74) is 2.93. The molecular formula is C22H25ClN4OS. The summed E-state index contributed by atoms with van der Waals surface area (Å²) >= 11 is 7.85. The molecule has 1 unspecified atom stereocenters. The van der Waals surface area contributed by atoms with Crippen LogP contribution in [0.1, 0.15) is 57.1 Å². The van der Waals surface area contributed by atoms with E-state index in [2.05, 4.69) is 15.2 Å². The fourth-order valence-electron chi connectivity index (χ4n) is 3.69. The highest BCUT2D eigenvalue weighted by molar-refractivity contribution is 7.20. The predicted molar refractivity (Wildman–Crippen MR) is 119 cm³/mol. The number of fused-ring (bicyclic) bond motifs is 1. The summed E-state index contributed by atoms with van der Waals surface area (Å²) in [7, 11) is 3.98. The van der Waals surface area contributed by atoms with Crippen molar-refractivity contribution in [1.29, 1.82) is 0 Å². The minimum absolute atomic E-state index is 0.00895. The molecule has 7 heteroatoms. The normalized spacial score (nSPS) is 15.1. The molecule has 1 atom stereocenters. The number of hydrogen-bond donors (Lipinski definition) is 1. The van der Waals surface area contributed by atoms with Crippen LogP contribution in [0.4, 0.5) is 0 Å². The van der Waals surface area contributed by atoms with Crippen LogP contribution in [0.15, 0.2) is 24.3 Å². The summed E-state index contributed by atoms with van der Waals surface area (Å²) in [6.45, 7) is 4.47. The van der Waals surface area contributed by atoms with Crippen molar-refractivity contribution in [3.8, 4) is 0 Å². The molecule has 152 valence electrons. The quantitative estimate of drug-likeness (QED) is 0.608. The molecule has 0 spiro atoms. The third kappa shape index (κ3) is 4.02. The molecule has 3 aromatic rings. The van der Waals surface area contributed by atoms with Crippen molar-refractivity contribution in [2.75, 3.05) is 20.6 Å². The van der Waals surface area contributed by atoms with Crippen molar-refractivity contribution in [3.63, 3.8) is 0 Å². The van der Waals surface area contributed by atoms with Gasteiger partial charge in [-0.25, -0.2) is 9.97 Å². The van der Waals surface area contributed by atoms with Crippen molar-refractivity contribution in [2.45, 2.75) is 38.6 Å². The molecule has 1 N–H and O–H groups in total. The molecule has 2 heterocycles. The maximum atomic E-state index is 13.0. The fraction of sp³-hybridized carbons (Fsp3) is 0.409. The van der Waals surface area contributed by atoms with Crippen LogP contribution in [-0.4, -0.2) is 41.4 Å². The molecule has 0 aliphatic heterocycles. The highest BCUT2D eigenvalue weighted by Gasteiger charge is 2.28. The van der Waals surface area contributed by atoms with Crippen LogP contribution in [-0.2, 0) is 0 Å². The third-order valence-corrected chi connectivity index (χ3v) is 7.01. The highest BCUT2D eigenvalue weighted by atomic mass is 35.5. The van der Waals surface area contributed by atoms with Crippen LogP contribution in [0.2, 0.25) is 5.02 Å². The average Bonchev–Trinajstić information content (AvgIpc) is 3.46. The van der Waals surface area contributed by atoms with Crippen molar-refractivity contribution < 1.29 is 4.79 Å². The number of nitrogens with zero attached hydrogens (tertiary/aromatic N) is 3. The number of carbonyl (C=O) groups is 1. The first-order chi connectivity index (χ1) is 13.9. The number of carbonyl (C=O) groups excluding carboxylic acids is 1. The maximum Gasteiger partial charge on any atom is 0.261 e. The SMILES string of the molecule is Cc1nc(C2CC2)nc2sc(C(=O)NCC(c3ccccc3Cl)N(C)C)c(C)c12. The van der Waals surface area contributed by atoms with Gasteiger partial charge in [0.1, 0.15) is 10.7 Å². The molecule has 1 aromatic carbocycles. The van der Waals surface area contributed by atoms with E-state index >= 15 is 0 Å². The lowest BCUT2D eigenvalue weighted by Gasteiger charge is -2.26. The largest absolute Gasteiger partial charge is 0.349 e. The first-order valence-electron chi connectivity index (χ1n) is 9.83. The molecule has 1 aliphatic carbocycles. The number of benzene rings is 1.